The van der Waals surface area contributed by atoms with Crippen LogP contribution in [0.2, 0.25) is 0 Å². The minimum absolute atomic E-state index is 0.585. The molecule has 2 unspecified atom stereocenters. The van der Waals surface area contributed by atoms with E-state index in [0.29, 0.717) is 12.0 Å². The number of nitrogens with one attached hydrogen (secondary N) is 2. The highest BCUT2D eigenvalue weighted by Crippen LogP contribution is 2.20. The zero-order valence-corrected chi connectivity index (χ0v) is 9.53. The molecule has 1 fully saturated rings. The molecule has 0 aromatic carbocycles. The van der Waals surface area contributed by atoms with E-state index in [1.807, 2.05) is 6.92 Å². The summed E-state index contributed by atoms with van der Waals surface area (Å²) < 4.78 is 0. The molecule has 2 atom stereocenters. The molecule has 14 heavy (non-hydrogen) atoms. The summed E-state index contributed by atoms with van der Waals surface area (Å²) >= 11 is 1.70. The highest BCUT2D eigenvalue weighted by molar-refractivity contribution is 7.13. The van der Waals surface area contributed by atoms with E-state index in [1.165, 1.54) is 6.42 Å². The van der Waals surface area contributed by atoms with Gasteiger partial charge in [-0.3, -0.25) is 0 Å². The van der Waals surface area contributed by atoms with Crippen LogP contribution in [0.25, 0.3) is 0 Å². The Morgan fingerprint density at radius 3 is 3.14 bits per heavy atom. The Labute approximate surface area is 88.9 Å². The Kier molecular flexibility index (Phi) is 3.03. The van der Waals surface area contributed by atoms with Crippen LogP contribution in [-0.2, 0) is 0 Å². The molecule has 0 radical (unpaired) electrons. The summed E-state index contributed by atoms with van der Waals surface area (Å²) in [6, 6.07) is 0.585. The van der Waals surface area contributed by atoms with Crippen molar-refractivity contribution in [2.75, 3.05) is 18.4 Å². The lowest BCUT2D eigenvalue weighted by atomic mass is 9.96. The quantitative estimate of drug-likeness (QED) is 0.784. The predicted octanol–water partition coefficient (Wildman–Crippen LogP) is 1.86. The SMILES string of the molecule is Cc1csc(NC2CCNCC2C)n1. The van der Waals surface area contributed by atoms with Gasteiger partial charge in [0.1, 0.15) is 0 Å². The number of aryl methyl sites for hydroxylation is 1. The molecule has 0 saturated carbocycles. The monoisotopic (exact) mass is 211 g/mol. The van der Waals surface area contributed by atoms with Crippen LogP contribution < -0.4 is 10.6 Å². The topological polar surface area (TPSA) is 37.0 Å². The highest BCUT2D eigenvalue weighted by atomic mass is 32.1. The summed E-state index contributed by atoms with van der Waals surface area (Å²) in [4.78, 5) is 4.43. The van der Waals surface area contributed by atoms with Gasteiger partial charge in [-0.1, -0.05) is 6.92 Å². The van der Waals surface area contributed by atoms with E-state index in [4.69, 9.17) is 0 Å². The second-order valence-electron chi connectivity index (χ2n) is 4.01. The molecule has 78 valence electrons. The molecule has 0 bridgehead atoms. The normalized spacial score (nSPS) is 27.6. The minimum Gasteiger partial charge on any atom is -0.358 e. The Morgan fingerprint density at radius 1 is 1.64 bits per heavy atom. The van der Waals surface area contributed by atoms with Crippen LogP contribution in [0.15, 0.2) is 5.38 Å². The smallest absolute Gasteiger partial charge is 0.183 e. The van der Waals surface area contributed by atoms with Gasteiger partial charge >= 0.3 is 0 Å². The van der Waals surface area contributed by atoms with Crippen molar-refractivity contribution in [2.45, 2.75) is 26.3 Å². The van der Waals surface area contributed by atoms with Crippen LogP contribution in [0.3, 0.4) is 0 Å². The fourth-order valence-electron chi connectivity index (χ4n) is 1.81. The first kappa shape index (κ1) is 9.93. The molecule has 1 aromatic heterocycles. The van der Waals surface area contributed by atoms with Crippen LogP contribution in [0, 0.1) is 12.8 Å². The number of hydrogen-bond acceptors (Lipinski definition) is 4. The second-order valence-corrected chi connectivity index (χ2v) is 4.87. The summed E-state index contributed by atoms with van der Waals surface area (Å²) in [5, 5.41) is 10.1. The molecule has 1 aliphatic rings. The first-order chi connectivity index (χ1) is 6.75. The van der Waals surface area contributed by atoms with Gasteiger partial charge in [0, 0.05) is 11.4 Å². The molecule has 1 aliphatic heterocycles. The standard InChI is InChI=1S/C10H17N3S/c1-7-5-11-4-3-9(7)13-10-12-8(2)6-14-10/h6-7,9,11H,3-5H2,1-2H3,(H,12,13). The summed E-state index contributed by atoms with van der Waals surface area (Å²) in [5.41, 5.74) is 1.11. The summed E-state index contributed by atoms with van der Waals surface area (Å²) in [6.07, 6.45) is 1.19. The zero-order valence-electron chi connectivity index (χ0n) is 8.71. The van der Waals surface area contributed by atoms with E-state index in [-0.39, 0.29) is 0 Å². The van der Waals surface area contributed by atoms with Crippen molar-refractivity contribution >= 4 is 16.5 Å². The largest absolute Gasteiger partial charge is 0.358 e. The van der Waals surface area contributed by atoms with Crippen LogP contribution in [0.5, 0.6) is 0 Å². The van der Waals surface area contributed by atoms with Gasteiger partial charge in [-0.25, -0.2) is 4.98 Å². The maximum atomic E-state index is 4.43. The molecule has 1 saturated heterocycles. The summed E-state index contributed by atoms with van der Waals surface area (Å²) in [5.74, 6) is 0.688. The average molecular weight is 211 g/mol. The lowest BCUT2D eigenvalue weighted by Crippen LogP contribution is -2.42. The number of aromatic nitrogens is 1. The van der Waals surface area contributed by atoms with Crippen LogP contribution in [0.4, 0.5) is 5.13 Å². The molecule has 2 heterocycles. The van der Waals surface area contributed by atoms with Gasteiger partial charge < -0.3 is 10.6 Å². The number of rotatable bonds is 2. The van der Waals surface area contributed by atoms with Crippen molar-refractivity contribution in [3.05, 3.63) is 11.1 Å². The van der Waals surface area contributed by atoms with E-state index >= 15 is 0 Å². The van der Waals surface area contributed by atoms with E-state index in [1.54, 1.807) is 11.3 Å². The molecule has 4 heteroatoms. The summed E-state index contributed by atoms with van der Waals surface area (Å²) in [6.45, 7) is 6.55. The fourth-order valence-corrected chi connectivity index (χ4v) is 2.56. The third-order valence-corrected chi connectivity index (χ3v) is 3.60. The van der Waals surface area contributed by atoms with Crippen molar-refractivity contribution in [2.24, 2.45) is 5.92 Å². The molecular weight excluding hydrogens is 194 g/mol. The zero-order chi connectivity index (χ0) is 9.97. The van der Waals surface area contributed by atoms with Crippen LogP contribution in [-0.4, -0.2) is 24.1 Å². The lowest BCUT2D eigenvalue weighted by Gasteiger charge is -2.29. The van der Waals surface area contributed by atoms with Crippen molar-refractivity contribution in [3.8, 4) is 0 Å². The number of anilines is 1. The lowest BCUT2D eigenvalue weighted by molar-refractivity contribution is 0.368. The van der Waals surface area contributed by atoms with Gasteiger partial charge in [0.15, 0.2) is 5.13 Å². The Morgan fingerprint density at radius 2 is 2.50 bits per heavy atom. The Bertz CT molecular complexity index is 297. The van der Waals surface area contributed by atoms with E-state index < -0.39 is 0 Å². The molecule has 3 nitrogen and oxygen atoms in total. The van der Waals surface area contributed by atoms with Crippen molar-refractivity contribution in [3.63, 3.8) is 0 Å². The predicted molar refractivity (Wildman–Crippen MR) is 60.9 cm³/mol. The van der Waals surface area contributed by atoms with Crippen LogP contribution in [0.1, 0.15) is 19.0 Å². The summed E-state index contributed by atoms with van der Waals surface area (Å²) in [7, 11) is 0. The number of nitrogens with zero attached hydrogens (tertiary/aromatic N) is 1. The van der Waals surface area contributed by atoms with Crippen molar-refractivity contribution in [1.29, 1.82) is 0 Å². The van der Waals surface area contributed by atoms with Gasteiger partial charge in [0.2, 0.25) is 0 Å². The molecule has 0 amide bonds. The Balaban J connectivity index is 1.95. The van der Waals surface area contributed by atoms with Gasteiger partial charge in [0.05, 0.1) is 5.69 Å². The first-order valence-electron chi connectivity index (χ1n) is 5.15. The molecule has 1 aromatic rings. The second kappa shape index (κ2) is 4.28. The van der Waals surface area contributed by atoms with Gasteiger partial charge in [0.25, 0.3) is 0 Å². The maximum Gasteiger partial charge on any atom is 0.183 e. The number of thiazole rings is 1. The molecule has 0 spiro atoms. The van der Waals surface area contributed by atoms with Gasteiger partial charge in [-0.2, -0.15) is 0 Å². The van der Waals surface area contributed by atoms with Crippen molar-refractivity contribution < 1.29 is 0 Å². The third kappa shape index (κ3) is 2.25. The fraction of sp³-hybridized carbons (Fsp3) is 0.700. The number of hydrogen-bond donors (Lipinski definition) is 2. The third-order valence-electron chi connectivity index (χ3n) is 2.71. The van der Waals surface area contributed by atoms with E-state index in [2.05, 4.69) is 27.9 Å². The van der Waals surface area contributed by atoms with E-state index in [9.17, 15) is 0 Å². The van der Waals surface area contributed by atoms with E-state index in [0.717, 1.165) is 23.9 Å². The molecule has 2 N–H and O–H groups in total. The van der Waals surface area contributed by atoms with Gasteiger partial charge in [-0.05, 0) is 32.4 Å². The highest BCUT2D eigenvalue weighted by Gasteiger charge is 2.21. The van der Waals surface area contributed by atoms with Crippen molar-refractivity contribution in [1.82, 2.24) is 10.3 Å². The Hall–Kier alpha value is -0.610. The average Bonchev–Trinajstić information content (AvgIpc) is 2.56. The van der Waals surface area contributed by atoms with Gasteiger partial charge in [-0.15, -0.1) is 11.3 Å². The molecule has 0 aliphatic carbocycles. The maximum absolute atomic E-state index is 4.43. The minimum atomic E-state index is 0.585. The molecule has 2 rings (SSSR count). The molecular formula is C10H17N3S. The number of piperidine rings is 1. The first-order valence-corrected chi connectivity index (χ1v) is 6.03. The van der Waals surface area contributed by atoms with Crippen LogP contribution >= 0.6 is 11.3 Å².